The van der Waals surface area contributed by atoms with Crippen LogP contribution in [0.4, 0.5) is 5.69 Å². The van der Waals surface area contributed by atoms with Gasteiger partial charge in [0.05, 0.1) is 34.2 Å². The van der Waals surface area contributed by atoms with E-state index in [2.05, 4.69) is 20.4 Å². The average Bonchev–Trinajstić information content (AvgIpc) is 3.16. The van der Waals surface area contributed by atoms with E-state index in [0.717, 1.165) is 5.69 Å². The minimum atomic E-state index is -0.290. The molecule has 0 saturated carbocycles. The van der Waals surface area contributed by atoms with Crippen molar-refractivity contribution in [3.63, 3.8) is 0 Å². The summed E-state index contributed by atoms with van der Waals surface area (Å²) < 4.78 is 1.66. The second-order valence-electron chi connectivity index (χ2n) is 5.83. The van der Waals surface area contributed by atoms with Gasteiger partial charge in [-0.25, -0.2) is 9.48 Å². The predicted molar refractivity (Wildman–Crippen MR) is 100 cm³/mol. The fraction of sp³-hybridized carbons (Fsp3) is 0.0556. The highest BCUT2D eigenvalue weighted by Gasteiger charge is 2.16. The molecule has 7 nitrogen and oxygen atoms in total. The van der Waals surface area contributed by atoms with E-state index in [9.17, 15) is 9.59 Å². The van der Waals surface area contributed by atoms with Gasteiger partial charge in [0.25, 0.3) is 5.91 Å². The molecule has 2 heterocycles. The number of H-pyrrole nitrogens is 2. The quantitative estimate of drug-likeness (QED) is 0.518. The molecule has 1 amide bonds. The molecule has 0 aliphatic carbocycles. The van der Waals surface area contributed by atoms with E-state index in [0.29, 0.717) is 33.0 Å². The zero-order valence-electron chi connectivity index (χ0n) is 13.7. The Balaban J connectivity index is 1.62. The third-order valence-electron chi connectivity index (χ3n) is 4.08. The van der Waals surface area contributed by atoms with Crippen LogP contribution in [-0.2, 0) is 0 Å². The van der Waals surface area contributed by atoms with Gasteiger partial charge in [-0.15, -0.1) is 0 Å². The van der Waals surface area contributed by atoms with Gasteiger partial charge in [0.2, 0.25) is 0 Å². The number of aromatic amines is 2. The lowest BCUT2D eigenvalue weighted by Crippen LogP contribution is -2.13. The van der Waals surface area contributed by atoms with Crippen molar-refractivity contribution < 1.29 is 4.79 Å². The first-order valence-electron chi connectivity index (χ1n) is 7.85. The summed E-state index contributed by atoms with van der Waals surface area (Å²) in [7, 11) is 0. The van der Waals surface area contributed by atoms with Gasteiger partial charge in [0, 0.05) is 10.7 Å². The average molecular weight is 368 g/mol. The number of halogens is 1. The number of carbonyl (C=O) groups is 1. The first-order chi connectivity index (χ1) is 12.5. The summed E-state index contributed by atoms with van der Waals surface area (Å²) in [5, 5.41) is 7.70. The first-order valence-corrected chi connectivity index (χ1v) is 8.23. The molecule has 26 heavy (non-hydrogen) atoms. The Morgan fingerprint density at radius 1 is 1.15 bits per heavy atom. The van der Waals surface area contributed by atoms with Gasteiger partial charge < -0.3 is 15.3 Å². The zero-order chi connectivity index (χ0) is 18.3. The van der Waals surface area contributed by atoms with Crippen LogP contribution in [0.25, 0.3) is 16.7 Å². The van der Waals surface area contributed by atoms with Crippen LogP contribution in [0.1, 0.15) is 16.1 Å². The van der Waals surface area contributed by atoms with E-state index >= 15 is 0 Å². The number of hydrogen-bond donors (Lipinski definition) is 3. The second kappa shape index (κ2) is 6.20. The number of anilines is 1. The summed E-state index contributed by atoms with van der Waals surface area (Å²) in [6.07, 6.45) is 1.52. The standard InChI is InChI=1S/C18H14ClN5O2/c1-10-14(9-20-24(10)13-4-2-3-11(19)7-13)17(25)21-12-5-6-15-16(8-12)23-18(26)22-15/h2-9H,1H3,(H,21,25)(H2,22,23,26). The van der Waals surface area contributed by atoms with Crippen molar-refractivity contribution in [3.05, 3.63) is 75.4 Å². The molecule has 0 radical (unpaired) electrons. The highest BCUT2D eigenvalue weighted by Crippen LogP contribution is 2.20. The molecule has 0 fully saturated rings. The number of rotatable bonds is 3. The number of carbonyl (C=O) groups excluding carboxylic acids is 1. The monoisotopic (exact) mass is 367 g/mol. The molecule has 2 aromatic heterocycles. The van der Waals surface area contributed by atoms with Gasteiger partial charge >= 0.3 is 5.69 Å². The maximum Gasteiger partial charge on any atom is 0.323 e. The van der Waals surface area contributed by atoms with E-state index in [1.807, 2.05) is 19.1 Å². The molecule has 0 spiro atoms. The van der Waals surface area contributed by atoms with Crippen LogP contribution >= 0.6 is 11.6 Å². The molecule has 0 aliphatic heterocycles. The van der Waals surface area contributed by atoms with Gasteiger partial charge in [0.1, 0.15) is 0 Å². The first kappa shape index (κ1) is 16.2. The summed E-state index contributed by atoms with van der Waals surface area (Å²) in [5.41, 5.74) is 3.51. The number of nitrogens with one attached hydrogen (secondary N) is 3. The van der Waals surface area contributed by atoms with E-state index in [1.54, 1.807) is 35.0 Å². The molecule has 0 unspecified atom stereocenters. The van der Waals surface area contributed by atoms with Crippen LogP contribution in [0.3, 0.4) is 0 Å². The smallest absolute Gasteiger partial charge is 0.322 e. The summed E-state index contributed by atoms with van der Waals surface area (Å²) in [4.78, 5) is 29.3. The normalized spacial score (nSPS) is 11.0. The van der Waals surface area contributed by atoms with Crippen molar-refractivity contribution in [2.45, 2.75) is 6.92 Å². The Hall–Kier alpha value is -3.32. The molecular formula is C18H14ClN5O2. The largest absolute Gasteiger partial charge is 0.323 e. The van der Waals surface area contributed by atoms with Gasteiger partial charge in [-0.1, -0.05) is 17.7 Å². The lowest BCUT2D eigenvalue weighted by Gasteiger charge is -2.07. The fourth-order valence-electron chi connectivity index (χ4n) is 2.81. The van der Waals surface area contributed by atoms with E-state index in [4.69, 9.17) is 11.6 Å². The van der Waals surface area contributed by atoms with Crippen molar-refractivity contribution in [1.82, 2.24) is 19.7 Å². The van der Waals surface area contributed by atoms with Crippen LogP contribution < -0.4 is 11.0 Å². The minimum absolute atomic E-state index is 0.284. The van der Waals surface area contributed by atoms with Gasteiger partial charge in [-0.05, 0) is 43.3 Å². The summed E-state index contributed by atoms with van der Waals surface area (Å²) in [6, 6.07) is 12.4. The van der Waals surface area contributed by atoms with Crippen molar-refractivity contribution in [2.75, 3.05) is 5.32 Å². The molecule has 8 heteroatoms. The molecule has 4 rings (SSSR count). The summed E-state index contributed by atoms with van der Waals surface area (Å²) in [5.74, 6) is -0.284. The maximum absolute atomic E-state index is 12.6. The van der Waals surface area contributed by atoms with Crippen LogP contribution in [-0.4, -0.2) is 25.7 Å². The highest BCUT2D eigenvalue weighted by atomic mass is 35.5. The minimum Gasteiger partial charge on any atom is -0.322 e. The molecule has 130 valence electrons. The van der Waals surface area contributed by atoms with Crippen LogP contribution in [0.5, 0.6) is 0 Å². The number of imidazole rings is 1. The van der Waals surface area contributed by atoms with Gasteiger partial charge in [0.15, 0.2) is 0 Å². The summed E-state index contributed by atoms with van der Waals surface area (Å²) in [6.45, 7) is 1.82. The Bertz CT molecular complexity index is 1190. The zero-order valence-corrected chi connectivity index (χ0v) is 14.5. The Kier molecular flexibility index (Phi) is 3.85. The summed E-state index contributed by atoms with van der Waals surface area (Å²) >= 11 is 6.03. The number of aromatic nitrogens is 4. The SMILES string of the molecule is Cc1c(C(=O)Nc2ccc3[nH]c(=O)[nH]c3c2)cnn1-c1cccc(Cl)c1. The van der Waals surface area contributed by atoms with E-state index < -0.39 is 0 Å². The molecule has 2 aromatic carbocycles. The molecule has 0 atom stereocenters. The van der Waals surface area contributed by atoms with Crippen molar-refractivity contribution in [1.29, 1.82) is 0 Å². The Morgan fingerprint density at radius 3 is 2.77 bits per heavy atom. The lowest BCUT2D eigenvalue weighted by molar-refractivity contribution is 0.102. The third kappa shape index (κ3) is 2.89. The fourth-order valence-corrected chi connectivity index (χ4v) is 2.99. The Morgan fingerprint density at radius 2 is 1.96 bits per heavy atom. The molecule has 0 aliphatic rings. The molecule has 0 bridgehead atoms. The number of hydrogen-bond acceptors (Lipinski definition) is 3. The van der Waals surface area contributed by atoms with Crippen molar-refractivity contribution >= 4 is 34.2 Å². The Labute approximate surface area is 152 Å². The van der Waals surface area contributed by atoms with Crippen molar-refractivity contribution in [2.24, 2.45) is 0 Å². The number of amides is 1. The van der Waals surface area contributed by atoms with Crippen LogP contribution in [0.15, 0.2) is 53.5 Å². The van der Waals surface area contributed by atoms with E-state index in [1.165, 1.54) is 6.20 Å². The third-order valence-corrected chi connectivity index (χ3v) is 4.32. The van der Waals surface area contributed by atoms with Crippen LogP contribution in [0, 0.1) is 6.92 Å². The number of fused-ring (bicyclic) bond motifs is 1. The predicted octanol–water partition coefficient (Wildman–Crippen LogP) is 3.26. The van der Waals surface area contributed by atoms with Crippen molar-refractivity contribution in [3.8, 4) is 5.69 Å². The number of nitrogens with zero attached hydrogens (tertiary/aromatic N) is 2. The lowest BCUT2D eigenvalue weighted by atomic mass is 10.2. The van der Waals surface area contributed by atoms with Gasteiger partial charge in [-0.3, -0.25) is 4.79 Å². The molecule has 3 N–H and O–H groups in total. The molecule has 4 aromatic rings. The topological polar surface area (TPSA) is 95.6 Å². The van der Waals surface area contributed by atoms with Crippen LogP contribution in [0.2, 0.25) is 5.02 Å². The van der Waals surface area contributed by atoms with E-state index in [-0.39, 0.29) is 11.6 Å². The number of benzene rings is 2. The molecule has 0 saturated heterocycles. The molecular weight excluding hydrogens is 354 g/mol. The van der Waals surface area contributed by atoms with Gasteiger partial charge in [-0.2, -0.15) is 5.10 Å². The second-order valence-corrected chi connectivity index (χ2v) is 6.27. The highest BCUT2D eigenvalue weighted by molar-refractivity contribution is 6.30. The maximum atomic E-state index is 12.6.